The maximum atomic E-state index is 13.9. The summed E-state index contributed by atoms with van der Waals surface area (Å²) in [4.78, 5) is 22.7. The van der Waals surface area contributed by atoms with E-state index in [4.69, 9.17) is 0 Å². The van der Waals surface area contributed by atoms with Gasteiger partial charge in [-0.3, -0.25) is 9.69 Å². The van der Waals surface area contributed by atoms with Crippen LogP contribution in [0.25, 0.3) is 10.9 Å². The van der Waals surface area contributed by atoms with Crippen molar-refractivity contribution in [2.24, 2.45) is 0 Å². The van der Waals surface area contributed by atoms with Crippen LogP contribution in [-0.4, -0.2) is 47.4 Å². The van der Waals surface area contributed by atoms with Gasteiger partial charge in [-0.25, -0.2) is 0 Å². The molecule has 0 spiro atoms. The van der Waals surface area contributed by atoms with Crippen LogP contribution in [0.4, 0.5) is 5.69 Å². The van der Waals surface area contributed by atoms with E-state index >= 15 is 0 Å². The van der Waals surface area contributed by atoms with Crippen LogP contribution in [0, 0.1) is 11.3 Å². The van der Waals surface area contributed by atoms with Crippen LogP contribution in [0.1, 0.15) is 85.3 Å². The first-order valence-electron chi connectivity index (χ1n) is 13.1. The van der Waals surface area contributed by atoms with Crippen molar-refractivity contribution < 1.29 is 4.79 Å². The number of aromatic nitrogens is 1. The number of nitriles is 1. The number of nitrogens with one attached hydrogen (secondary N) is 1. The zero-order chi connectivity index (χ0) is 24.5. The highest BCUT2D eigenvalue weighted by Gasteiger charge is 2.41. The second kappa shape index (κ2) is 7.96. The largest absolute Gasteiger partial charge is 0.368 e. The Kier molecular flexibility index (Phi) is 5.09. The number of piperazine rings is 1. The van der Waals surface area contributed by atoms with E-state index < -0.39 is 0 Å². The Labute approximate surface area is 207 Å². The average molecular weight is 467 g/mol. The van der Waals surface area contributed by atoms with Gasteiger partial charge in [0.2, 0.25) is 0 Å². The molecule has 1 saturated heterocycles. The predicted molar refractivity (Wildman–Crippen MR) is 140 cm³/mol. The van der Waals surface area contributed by atoms with E-state index in [1.54, 1.807) is 6.07 Å². The number of H-pyrrole nitrogens is 1. The second-order valence-electron chi connectivity index (χ2n) is 11.2. The first-order chi connectivity index (χ1) is 16.8. The van der Waals surface area contributed by atoms with Crippen molar-refractivity contribution in [1.29, 1.82) is 5.26 Å². The summed E-state index contributed by atoms with van der Waals surface area (Å²) in [5.74, 6) is 0.0923. The van der Waals surface area contributed by atoms with E-state index in [-0.39, 0.29) is 11.2 Å². The number of ketones is 1. The van der Waals surface area contributed by atoms with Crippen LogP contribution in [0.5, 0.6) is 0 Å². The van der Waals surface area contributed by atoms with Crippen LogP contribution in [0.3, 0.4) is 0 Å². The molecule has 1 saturated carbocycles. The molecule has 3 aromatic rings. The number of rotatable bonds is 3. The van der Waals surface area contributed by atoms with Crippen molar-refractivity contribution in [1.82, 2.24) is 9.88 Å². The van der Waals surface area contributed by atoms with Crippen molar-refractivity contribution >= 4 is 22.4 Å². The van der Waals surface area contributed by atoms with Crippen LogP contribution in [0.2, 0.25) is 0 Å². The molecule has 1 atom stereocenters. The van der Waals surface area contributed by atoms with E-state index in [9.17, 15) is 10.1 Å². The summed E-state index contributed by atoms with van der Waals surface area (Å²) >= 11 is 0. The van der Waals surface area contributed by atoms with Gasteiger partial charge in [0.25, 0.3) is 0 Å². The molecule has 1 aliphatic heterocycles. The third-order valence-electron chi connectivity index (χ3n) is 8.86. The second-order valence-corrected chi connectivity index (χ2v) is 11.2. The number of nitrogens with zero attached hydrogens (tertiary/aromatic N) is 3. The van der Waals surface area contributed by atoms with Crippen molar-refractivity contribution in [3.05, 3.63) is 63.8 Å². The summed E-state index contributed by atoms with van der Waals surface area (Å²) in [5, 5.41) is 10.3. The highest BCUT2D eigenvalue weighted by atomic mass is 16.1. The van der Waals surface area contributed by atoms with Gasteiger partial charge in [-0.2, -0.15) is 5.26 Å². The summed E-state index contributed by atoms with van der Waals surface area (Å²) in [5.41, 5.74) is 7.32. The topological polar surface area (TPSA) is 63.1 Å². The maximum absolute atomic E-state index is 13.9. The first kappa shape index (κ1) is 22.4. The van der Waals surface area contributed by atoms with E-state index in [2.05, 4.69) is 60.7 Å². The Morgan fingerprint density at radius 1 is 1.17 bits per heavy atom. The van der Waals surface area contributed by atoms with Gasteiger partial charge in [-0.15, -0.1) is 0 Å². The number of hydrogen-bond donors (Lipinski definition) is 1. The number of carbonyl (C=O) groups is 1. The fourth-order valence-corrected chi connectivity index (χ4v) is 6.61. The monoisotopic (exact) mass is 466 g/mol. The van der Waals surface area contributed by atoms with Crippen LogP contribution in [0.15, 0.2) is 30.3 Å². The lowest BCUT2D eigenvalue weighted by molar-refractivity contribution is 0.0774. The van der Waals surface area contributed by atoms with Gasteiger partial charge in [-0.1, -0.05) is 33.3 Å². The van der Waals surface area contributed by atoms with E-state index in [1.165, 1.54) is 30.5 Å². The highest BCUT2D eigenvalue weighted by Crippen LogP contribution is 2.46. The molecule has 2 aromatic carbocycles. The summed E-state index contributed by atoms with van der Waals surface area (Å²) < 4.78 is 0. The fourth-order valence-electron chi connectivity index (χ4n) is 6.61. The first-order valence-corrected chi connectivity index (χ1v) is 13.1. The number of aromatic amines is 1. The summed E-state index contributed by atoms with van der Waals surface area (Å²) in [6, 6.07) is 13.6. The molecule has 0 unspecified atom stereocenters. The molecule has 180 valence electrons. The van der Waals surface area contributed by atoms with Gasteiger partial charge in [0.05, 0.1) is 17.2 Å². The maximum Gasteiger partial charge on any atom is 0.195 e. The van der Waals surface area contributed by atoms with Crippen LogP contribution >= 0.6 is 0 Å². The molecule has 2 heterocycles. The van der Waals surface area contributed by atoms with Crippen LogP contribution < -0.4 is 4.90 Å². The molecule has 1 N–H and O–H groups in total. The smallest absolute Gasteiger partial charge is 0.195 e. The van der Waals surface area contributed by atoms with Gasteiger partial charge in [-0.05, 0) is 61.6 Å². The molecule has 6 rings (SSSR count). The molecule has 2 aliphatic carbocycles. The fraction of sp³-hybridized carbons (Fsp3) is 0.467. The minimum atomic E-state index is -0.342. The molecule has 0 amide bonds. The van der Waals surface area contributed by atoms with E-state index in [0.717, 1.165) is 65.4 Å². The molecule has 0 bridgehead atoms. The predicted octanol–water partition coefficient (Wildman–Crippen LogP) is 5.54. The zero-order valence-corrected chi connectivity index (χ0v) is 21.2. The molecule has 0 radical (unpaired) electrons. The average Bonchev–Trinajstić information content (AvgIpc) is 3.22. The van der Waals surface area contributed by atoms with Crippen molar-refractivity contribution in [3.8, 4) is 6.07 Å². The van der Waals surface area contributed by atoms with Gasteiger partial charge < -0.3 is 9.88 Å². The molecule has 3 aliphatic rings. The lowest BCUT2D eigenvalue weighted by atomic mass is 9.70. The number of fused-ring (bicyclic) bond motifs is 4. The standard InChI is InChI=1S/C30H34N4O/c1-5-20-14-23-24(15-26(20)33-11-12-34(18(2)17-33)21-7-6-8-21)30(3,4)29-27(28(23)35)22-10-9-19(16-31)13-25(22)32-29/h9-10,13-15,18,21,32H,5-8,11-12,17H2,1-4H3/t18-/m0/s1. The van der Waals surface area contributed by atoms with Gasteiger partial charge >= 0.3 is 0 Å². The number of anilines is 1. The number of carbonyl (C=O) groups excluding carboxylic acids is 1. The van der Waals surface area contributed by atoms with Gasteiger partial charge in [0, 0.05) is 65.0 Å². The number of aryl methyl sites for hydroxylation is 1. The Balaban J connectivity index is 1.43. The summed E-state index contributed by atoms with van der Waals surface area (Å²) in [6.45, 7) is 12.2. The lowest BCUT2D eigenvalue weighted by Gasteiger charge is -2.48. The molecular formula is C30H34N4O. The molecule has 1 aromatic heterocycles. The SMILES string of the molecule is CCc1cc2c(cc1N1CCN(C3CCC3)[C@@H](C)C1)C(C)(C)c1[nH]c3cc(C#N)ccc3c1C2=O. The third-order valence-corrected chi connectivity index (χ3v) is 8.86. The summed E-state index contributed by atoms with van der Waals surface area (Å²) in [6.07, 6.45) is 4.98. The highest BCUT2D eigenvalue weighted by molar-refractivity contribution is 6.20. The third kappa shape index (κ3) is 3.27. The van der Waals surface area contributed by atoms with Crippen molar-refractivity contribution in [2.75, 3.05) is 24.5 Å². The zero-order valence-electron chi connectivity index (χ0n) is 21.2. The van der Waals surface area contributed by atoms with E-state index in [1.807, 2.05) is 12.1 Å². The summed E-state index contributed by atoms with van der Waals surface area (Å²) in [7, 11) is 0. The minimum Gasteiger partial charge on any atom is -0.368 e. The normalized spacial score (nSPS) is 22.0. The Bertz CT molecular complexity index is 1390. The van der Waals surface area contributed by atoms with Gasteiger partial charge in [0.15, 0.2) is 5.78 Å². The quantitative estimate of drug-likeness (QED) is 0.551. The Morgan fingerprint density at radius 3 is 2.63 bits per heavy atom. The number of hydrogen-bond acceptors (Lipinski definition) is 4. The van der Waals surface area contributed by atoms with Crippen LogP contribution in [-0.2, 0) is 11.8 Å². The van der Waals surface area contributed by atoms with Gasteiger partial charge in [0.1, 0.15) is 0 Å². The molecule has 5 nitrogen and oxygen atoms in total. The van der Waals surface area contributed by atoms with Crippen molar-refractivity contribution in [2.45, 2.75) is 70.9 Å². The minimum absolute atomic E-state index is 0.0923. The number of benzene rings is 2. The Hall–Kier alpha value is -3.10. The Morgan fingerprint density at radius 2 is 1.97 bits per heavy atom. The molecule has 5 heteroatoms. The molecular weight excluding hydrogens is 432 g/mol. The lowest BCUT2D eigenvalue weighted by Crippen LogP contribution is -2.57. The molecule has 2 fully saturated rings. The molecule has 35 heavy (non-hydrogen) atoms. The van der Waals surface area contributed by atoms with E-state index in [0.29, 0.717) is 11.6 Å². The van der Waals surface area contributed by atoms with Crippen molar-refractivity contribution in [3.63, 3.8) is 0 Å².